The third-order valence-electron chi connectivity index (χ3n) is 4.58. The van der Waals surface area contributed by atoms with E-state index >= 15 is 0 Å². The van der Waals surface area contributed by atoms with Crippen molar-refractivity contribution in [2.75, 3.05) is 11.1 Å². The highest BCUT2D eigenvalue weighted by Gasteiger charge is 2.16. The van der Waals surface area contributed by atoms with Crippen molar-refractivity contribution in [3.8, 4) is 12.1 Å². The second kappa shape index (κ2) is 8.08. The van der Waals surface area contributed by atoms with Crippen LogP contribution in [0, 0.1) is 29.6 Å². The van der Waals surface area contributed by atoms with E-state index in [0.29, 0.717) is 22.5 Å². The molecular weight excluding hydrogens is 418 g/mol. The van der Waals surface area contributed by atoms with Crippen LogP contribution in [-0.2, 0) is 4.79 Å². The molecule has 0 fully saturated rings. The molecule has 6 nitrogen and oxygen atoms in total. The number of para-hydroxylation sites is 2. The minimum atomic E-state index is -0.208. The summed E-state index contributed by atoms with van der Waals surface area (Å²) >= 11 is 7.38. The van der Waals surface area contributed by atoms with E-state index < -0.39 is 0 Å². The Balaban J connectivity index is 1.63. The minimum absolute atomic E-state index is 0.157. The molecule has 4 rings (SSSR count). The van der Waals surface area contributed by atoms with Gasteiger partial charge in [0.1, 0.15) is 12.1 Å². The largest absolute Gasteiger partial charge is 0.325 e. The summed E-state index contributed by atoms with van der Waals surface area (Å²) in [7, 11) is 0. The Morgan fingerprint density at radius 1 is 1.20 bits per heavy atom. The molecule has 4 aromatic rings. The van der Waals surface area contributed by atoms with Gasteiger partial charge in [-0.05, 0) is 48.9 Å². The van der Waals surface area contributed by atoms with Crippen LogP contribution in [0.3, 0.4) is 0 Å². The Morgan fingerprint density at radius 3 is 2.73 bits per heavy atom. The molecule has 0 aliphatic heterocycles. The predicted octanol–water partition coefficient (Wildman–Crippen LogP) is 4.92. The number of anilines is 1. The number of halogens is 1. The summed E-state index contributed by atoms with van der Waals surface area (Å²) in [6.45, 7) is 1.86. The number of hydrogen-bond acceptors (Lipinski definition) is 5. The number of rotatable bonds is 4. The van der Waals surface area contributed by atoms with Gasteiger partial charge in [-0.15, -0.1) is 0 Å². The van der Waals surface area contributed by atoms with E-state index in [1.165, 1.54) is 11.8 Å². The van der Waals surface area contributed by atoms with Crippen LogP contribution < -0.4 is 5.32 Å². The number of aryl methyl sites for hydroxylation is 1. The van der Waals surface area contributed by atoms with E-state index in [4.69, 9.17) is 16.9 Å². The van der Waals surface area contributed by atoms with Gasteiger partial charge in [-0.25, -0.2) is 4.98 Å². The van der Waals surface area contributed by atoms with Crippen molar-refractivity contribution in [3.05, 3.63) is 70.2 Å². The Kier molecular flexibility index (Phi) is 5.33. The lowest BCUT2D eigenvalue weighted by Crippen LogP contribution is -2.14. The molecule has 0 bridgehead atoms. The molecule has 2 aromatic heterocycles. The maximum Gasteiger partial charge on any atom is 0.234 e. The summed E-state index contributed by atoms with van der Waals surface area (Å²) in [4.78, 5) is 17.1. The summed E-state index contributed by atoms with van der Waals surface area (Å²) in [5, 5.41) is 22.4. The fraction of sp³-hybridized carbons (Fsp3) is 0.0909. The van der Waals surface area contributed by atoms with Crippen molar-refractivity contribution < 1.29 is 4.79 Å². The average Bonchev–Trinajstić information content (AvgIpc) is 3.11. The van der Waals surface area contributed by atoms with Gasteiger partial charge in [0.15, 0.2) is 5.65 Å². The molecule has 0 spiro atoms. The molecule has 2 heterocycles. The Morgan fingerprint density at radius 2 is 2.00 bits per heavy atom. The molecule has 0 saturated carbocycles. The van der Waals surface area contributed by atoms with Crippen LogP contribution >= 0.6 is 23.4 Å². The van der Waals surface area contributed by atoms with Crippen LogP contribution in [0.4, 0.5) is 5.69 Å². The first-order valence-corrected chi connectivity index (χ1v) is 10.3. The number of nitriles is 2. The zero-order valence-corrected chi connectivity index (χ0v) is 17.4. The molecule has 2 aromatic carbocycles. The number of fused-ring (bicyclic) bond motifs is 3. The third kappa shape index (κ3) is 3.57. The maximum atomic E-state index is 12.5. The van der Waals surface area contributed by atoms with Gasteiger partial charge in [0.25, 0.3) is 0 Å². The molecule has 0 atom stereocenters. The van der Waals surface area contributed by atoms with Crippen LogP contribution in [0.2, 0.25) is 5.02 Å². The number of hydrogen-bond donors (Lipinski definition) is 1. The lowest BCUT2D eigenvalue weighted by Gasteiger charge is -2.10. The first-order valence-electron chi connectivity index (χ1n) is 8.95. The standard InChI is InChI=1S/C22H14ClN5OS/c1-13-8-21(28-19-5-3-2-4-18(19)27-22(28)16(13)11-25)30-12-20(29)26-15-7-6-14(10-24)17(23)9-15/h2-9H,12H2,1H3,(H,26,29). The summed E-state index contributed by atoms with van der Waals surface area (Å²) < 4.78 is 1.91. The molecule has 0 unspecified atom stereocenters. The Bertz CT molecular complexity index is 1400. The molecule has 0 aliphatic rings. The smallest absolute Gasteiger partial charge is 0.234 e. The number of nitrogens with one attached hydrogen (secondary N) is 1. The molecule has 0 aliphatic carbocycles. The number of thioether (sulfide) groups is 1. The number of nitrogens with zero attached hydrogens (tertiary/aromatic N) is 4. The van der Waals surface area contributed by atoms with Crippen molar-refractivity contribution in [1.29, 1.82) is 10.5 Å². The molecular formula is C22H14ClN5OS. The van der Waals surface area contributed by atoms with Crippen LogP contribution in [0.25, 0.3) is 16.7 Å². The number of carbonyl (C=O) groups excluding carboxylic acids is 1. The molecule has 0 saturated heterocycles. The van der Waals surface area contributed by atoms with E-state index in [9.17, 15) is 10.1 Å². The van der Waals surface area contributed by atoms with Gasteiger partial charge in [0.05, 0.1) is 38.0 Å². The van der Waals surface area contributed by atoms with Gasteiger partial charge in [-0.1, -0.05) is 35.5 Å². The first-order chi connectivity index (χ1) is 14.5. The van der Waals surface area contributed by atoms with Crippen molar-refractivity contribution in [2.24, 2.45) is 0 Å². The van der Waals surface area contributed by atoms with Gasteiger partial charge in [-0.3, -0.25) is 9.20 Å². The van der Waals surface area contributed by atoms with Crippen LogP contribution in [0.5, 0.6) is 0 Å². The van der Waals surface area contributed by atoms with Crippen LogP contribution in [-0.4, -0.2) is 21.0 Å². The minimum Gasteiger partial charge on any atom is -0.325 e. The summed E-state index contributed by atoms with van der Waals surface area (Å²) in [5.74, 6) is -0.0507. The number of benzene rings is 2. The van der Waals surface area contributed by atoms with Gasteiger partial charge in [-0.2, -0.15) is 10.5 Å². The Labute approximate surface area is 181 Å². The number of amides is 1. The summed E-state index contributed by atoms with van der Waals surface area (Å²) in [6, 6.07) is 18.5. The topological polar surface area (TPSA) is 94.0 Å². The second-order valence-electron chi connectivity index (χ2n) is 6.56. The highest BCUT2D eigenvalue weighted by molar-refractivity contribution is 7.99. The average molecular weight is 432 g/mol. The first kappa shape index (κ1) is 19.8. The molecule has 146 valence electrons. The number of imidazole rings is 1. The van der Waals surface area contributed by atoms with E-state index in [-0.39, 0.29) is 16.7 Å². The van der Waals surface area contributed by atoms with Crippen molar-refractivity contribution in [1.82, 2.24) is 9.38 Å². The monoisotopic (exact) mass is 431 g/mol. The van der Waals surface area contributed by atoms with Crippen molar-refractivity contribution in [2.45, 2.75) is 11.9 Å². The number of carbonyl (C=O) groups is 1. The maximum absolute atomic E-state index is 12.5. The van der Waals surface area contributed by atoms with E-state index in [1.807, 2.05) is 47.7 Å². The van der Waals surface area contributed by atoms with E-state index in [0.717, 1.165) is 21.6 Å². The lowest BCUT2D eigenvalue weighted by molar-refractivity contribution is -0.113. The normalized spacial score (nSPS) is 10.7. The molecule has 0 radical (unpaired) electrons. The quantitative estimate of drug-likeness (QED) is 0.462. The Hall–Kier alpha value is -3.52. The summed E-state index contributed by atoms with van der Waals surface area (Å²) in [5.41, 5.74) is 4.46. The fourth-order valence-electron chi connectivity index (χ4n) is 3.18. The van der Waals surface area contributed by atoms with Gasteiger partial charge in [0.2, 0.25) is 5.91 Å². The SMILES string of the molecule is Cc1cc(SCC(=O)Nc2ccc(C#N)c(Cl)c2)n2c(nc3ccccc32)c1C#N. The molecule has 1 amide bonds. The zero-order chi connectivity index (χ0) is 21.3. The van der Waals surface area contributed by atoms with E-state index in [1.54, 1.807) is 18.2 Å². The molecule has 8 heteroatoms. The van der Waals surface area contributed by atoms with Crippen molar-refractivity contribution in [3.63, 3.8) is 0 Å². The number of pyridine rings is 1. The lowest BCUT2D eigenvalue weighted by atomic mass is 10.2. The highest BCUT2D eigenvalue weighted by atomic mass is 35.5. The van der Waals surface area contributed by atoms with E-state index in [2.05, 4.69) is 16.4 Å². The van der Waals surface area contributed by atoms with Crippen molar-refractivity contribution >= 4 is 51.6 Å². The number of aromatic nitrogens is 2. The zero-order valence-electron chi connectivity index (χ0n) is 15.8. The summed E-state index contributed by atoms with van der Waals surface area (Å²) in [6.07, 6.45) is 0. The van der Waals surface area contributed by atoms with Gasteiger partial charge in [0, 0.05) is 5.69 Å². The molecule has 30 heavy (non-hydrogen) atoms. The van der Waals surface area contributed by atoms with Crippen LogP contribution in [0.1, 0.15) is 16.7 Å². The highest BCUT2D eigenvalue weighted by Crippen LogP contribution is 2.29. The fourth-order valence-corrected chi connectivity index (χ4v) is 4.33. The molecule has 1 N–H and O–H groups in total. The van der Waals surface area contributed by atoms with Crippen LogP contribution in [0.15, 0.2) is 53.6 Å². The third-order valence-corrected chi connectivity index (χ3v) is 5.89. The van der Waals surface area contributed by atoms with Gasteiger partial charge < -0.3 is 5.32 Å². The predicted molar refractivity (Wildman–Crippen MR) is 118 cm³/mol. The second-order valence-corrected chi connectivity index (χ2v) is 7.96. The van der Waals surface area contributed by atoms with Gasteiger partial charge >= 0.3 is 0 Å².